The monoisotopic (exact) mass is 142 g/mol. The van der Waals surface area contributed by atoms with Crippen LogP contribution in [0.25, 0.3) is 0 Å². The minimum absolute atomic E-state index is 0.570. The van der Waals surface area contributed by atoms with Crippen molar-refractivity contribution in [3.8, 4) is 0 Å². The maximum Gasteiger partial charge on any atom is 0.0407 e. The lowest BCUT2D eigenvalue weighted by Gasteiger charge is -1.79. The number of rotatable bonds is 3. The lowest BCUT2D eigenvalue weighted by molar-refractivity contribution is 1.56. The van der Waals surface area contributed by atoms with Gasteiger partial charge in [0.25, 0.3) is 0 Å². The number of hydrogen-bond acceptors (Lipinski definition) is 0. The van der Waals surface area contributed by atoms with Crippen LogP contribution in [0.1, 0.15) is 6.92 Å². The van der Waals surface area contributed by atoms with Crippen molar-refractivity contribution < 1.29 is 0 Å². The molecule has 0 bridgehead atoms. The predicted molar refractivity (Wildman–Crippen MR) is 43.8 cm³/mol. The SMILES string of the molecule is C=C(C)/C=C\C=C/CCl. The molecule has 0 atom stereocenters. The van der Waals surface area contributed by atoms with Gasteiger partial charge in [0.05, 0.1) is 0 Å². The molecule has 0 aliphatic rings. The Morgan fingerprint density at radius 1 is 1.56 bits per heavy atom. The van der Waals surface area contributed by atoms with Gasteiger partial charge in [-0.1, -0.05) is 36.5 Å². The Bertz CT molecular complexity index is 132. The van der Waals surface area contributed by atoms with Crippen molar-refractivity contribution in [3.05, 3.63) is 36.5 Å². The minimum atomic E-state index is 0.570. The van der Waals surface area contributed by atoms with E-state index in [2.05, 4.69) is 6.58 Å². The quantitative estimate of drug-likeness (QED) is 0.420. The number of hydrogen-bond donors (Lipinski definition) is 0. The molecule has 0 rings (SSSR count). The van der Waals surface area contributed by atoms with Gasteiger partial charge in [-0.15, -0.1) is 11.6 Å². The molecular weight excluding hydrogens is 132 g/mol. The molecule has 0 aromatic rings. The summed E-state index contributed by atoms with van der Waals surface area (Å²) >= 11 is 5.37. The predicted octanol–water partition coefficient (Wildman–Crippen LogP) is 2.91. The van der Waals surface area contributed by atoms with Gasteiger partial charge in [0, 0.05) is 5.88 Å². The summed E-state index contributed by atoms with van der Waals surface area (Å²) in [6.45, 7) is 5.65. The van der Waals surface area contributed by atoms with E-state index in [1.165, 1.54) is 0 Å². The maximum atomic E-state index is 5.37. The van der Waals surface area contributed by atoms with Crippen molar-refractivity contribution >= 4 is 11.6 Å². The van der Waals surface area contributed by atoms with Gasteiger partial charge in [0.2, 0.25) is 0 Å². The first kappa shape index (κ1) is 8.51. The van der Waals surface area contributed by atoms with Crippen molar-refractivity contribution in [1.29, 1.82) is 0 Å². The molecule has 0 unspecified atom stereocenters. The third kappa shape index (κ3) is 7.51. The molecule has 0 nitrogen and oxygen atoms in total. The van der Waals surface area contributed by atoms with Crippen LogP contribution in [-0.2, 0) is 0 Å². The normalized spacial score (nSPS) is 11.3. The Hall–Kier alpha value is -0.490. The molecule has 0 spiro atoms. The van der Waals surface area contributed by atoms with Gasteiger partial charge in [-0.05, 0) is 6.92 Å². The molecule has 1 heteroatoms. The fourth-order valence-electron chi connectivity index (χ4n) is 0.350. The topological polar surface area (TPSA) is 0 Å². The molecule has 0 aliphatic heterocycles. The van der Waals surface area contributed by atoms with Gasteiger partial charge in [-0.3, -0.25) is 0 Å². The van der Waals surface area contributed by atoms with Gasteiger partial charge in [0.15, 0.2) is 0 Å². The Morgan fingerprint density at radius 3 is 2.67 bits per heavy atom. The fourth-order valence-corrected chi connectivity index (χ4v) is 0.453. The van der Waals surface area contributed by atoms with Crippen LogP contribution >= 0.6 is 11.6 Å². The van der Waals surface area contributed by atoms with E-state index < -0.39 is 0 Å². The van der Waals surface area contributed by atoms with E-state index in [9.17, 15) is 0 Å². The first-order valence-electron chi connectivity index (χ1n) is 2.82. The average molecular weight is 143 g/mol. The summed E-state index contributed by atoms with van der Waals surface area (Å²) in [4.78, 5) is 0. The Kier molecular flexibility index (Phi) is 5.34. The second-order valence-electron chi connectivity index (χ2n) is 1.79. The zero-order valence-electron chi connectivity index (χ0n) is 5.60. The summed E-state index contributed by atoms with van der Waals surface area (Å²) in [6.07, 6.45) is 7.64. The van der Waals surface area contributed by atoms with Crippen LogP contribution in [0.4, 0.5) is 0 Å². The molecule has 0 radical (unpaired) electrons. The Morgan fingerprint density at radius 2 is 2.22 bits per heavy atom. The molecule has 0 aromatic carbocycles. The summed E-state index contributed by atoms with van der Waals surface area (Å²) in [5, 5.41) is 0. The molecule has 0 amide bonds. The minimum Gasteiger partial charge on any atom is -0.122 e. The standard InChI is InChI=1S/C8H11Cl/c1-8(2)6-4-3-5-7-9/h3-6H,1,7H2,2H3/b5-3-,6-4-. The highest BCUT2D eigenvalue weighted by molar-refractivity contribution is 6.18. The van der Waals surface area contributed by atoms with Crippen LogP contribution in [0.2, 0.25) is 0 Å². The molecule has 0 saturated carbocycles. The lowest BCUT2D eigenvalue weighted by Crippen LogP contribution is -1.60. The van der Waals surface area contributed by atoms with Gasteiger partial charge < -0.3 is 0 Å². The first-order valence-corrected chi connectivity index (χ1v) is 3.35. The number of allylic oxidation sites excluding steroid dienone is 5. The van der Waals surface area contributed by atoms with Crippen LogP contribution in [0.5, 0.6) is 0 Å². The van der Waals surface area contributed by atoms with E-state index in [-0.39, 0.29) is 0 Å². The molecule has 0 fully saturated rings. The molecule has 50 valence electrons. The number of halogens is 1. The first-order chi connectivity index (χ1) is 4.27. The lowest BCUT2D eigenvalue weighted by atomic mass is 10.3. The summed E-state index contributed by atoms with van der Waals surface area (Å²) < 4.78 is 0. The van der Waals surface area contributed by atoms with Crippen molar-refractivity contribution in [2.45, 2.75) is 6.92 Å². The zero-order valence-corrected chi connectivity index (χ0v) is 6.36. The smallest absolute Gasteiger partial charge is 0.0407 e. The van der Waals surface area contributed by atoms with Gasteiger partial charge >= 0.3 is 0 Å². The molecule has 9 heavy (non-hydrogen) atoms. The Balaban J connectivity index is 3.47. The van der Waals surface area contributed by atoms with E-state index in [1.54, 1.807) is 0 Å². The third-order valence-electron chi connectivity index (χ3n) is 0.717. The van der Waals surface area contributed by atoms with Gasteiger partial charge in [0.1, 0.15) is 0 Å². The van der Waals surface area contributed by atoms with Crippen LogP contribution in [-0.4, -0.2) is 5.88 Å². The van der Waals surface area contributed by atoms with Crippen molar-refractivity contribution in [2.75, 3.05) is 5.88 Å². The maximum absolute atomic E-state index is 5.37. The van der Waals surface area contributed by atoms with Gasteiger partial charge in [-0.25, -0.2) is 0 Å². The van der Waals surface area contributed by atoms with E-state index in [0.717, 1.165) is 5.57 Å². The number of alkyl halides is 1. The molecule has 0 aliphatic carbocycles. The summed E-state index contributed by atoms with van der Waals surface area (Å²) in [5.41, 5.74) is 1.05. The second kappa shape index (κ2) is 5.64. The molecule has 0 saturated heterocycles. The largest absolute Gasteiger partial charge is 0.122 e. The van der Waals surface area contributed by atoms with E-state index in [1.807, 2.05) is 31.2 Å². The van der Waals surface area contributed by atoms with Crippen LogP contribution < -0.4 is 0 Å². The van der Waals surface area contributed by atoms with E-state index in [4.69, 9.17) is 11.6 Å². The summed E-state index contributed by atoms with van der Waals surface area (Å²) in [5.74, 6) is 0.570. The zero-order chi connectivity index (χ0) is 7.11. The van der Waals surface area contributed by atoms with Crippen LogP contribution in [0, 0.1) is 0 Å². The highest BCUT2D eigenvalue weighted by Gasteiger charge is 1.68. The molecular formula is C8H11Cl. The van der Waals surface area contributed by atoms with Crippen molar-refractivity contribution in [1.82, 2.24) is 0 Å². The van der Waals surface area contributed by atoms with E-state index in [0.29, 0.717) is 5.88 Å². The van der Waals surface area contributed by atoms with E-state index >= 15 is 0 Å². The highest BCUT2D eigenvalue weighted by atomic mass is 35.5. The second-order valence-corrected chi connectivity index (χ2v) is 2.10. The van der Waals surface area contributed by atoms with Crippen molar-refractivity contribution in [3.63, 3.8) is 0 Å². The van der Waals surface area contributed by atoms with Crippen LogP contribution in [0.3, 0.4) is 0 Å². The molecule has 0 N–H and O–H groups in total. The van der Waals surface area contributed by atoms with Gasteiger partial charge in [-0.2, -0.15) is 0 Å². The summed E-state index contributed by atoms with van der Waals surface area (Å²) in [7, 11) is 0. The average Bonchev–Trinajstić information content (AvgIpc) is 1.80. The molecule has 0 aromatic heterocycles. The summed E-state index contributed by atoms with van der Waals surface area (Å²) in [6, 6.07) is 0. The van der Waals surface area contributed by atoms with Crippen LogP contribution in [0.15, 0.2) is 36.5 Å². The third-order valence-corrected chi connectivity index (χ3v) is 0.895. The fraction of sp³-hybridized carbons (Fsp3) is 0.250. The van der Waals surface area contributed by atoms with Crippen molar-refractivity contribution in [2.24, 2.45) is 0 Å². The Labute approximate surface area is 61.5 Å². The highest BCUT2D eigenvalue weighted by Crippen LogP contribution is 1.89. The molecule has 0 heterocycles.